The fourth-order valence-corrected chi connectivity index (χ4v) is 4.84. The van der Waals surface area contributed by atoms with Crippen LogP contribution >= 0.6 is 15.9 Å². The van der Waals surface area contributed by atoms with Crippen LogP contribution < -0.4 is 5.32 Å². The number of anilines is 1. The van der Waals surface area contributed by atoms with Crippen molar-refractivity contribution in [2.75, 3.05) is 5.32 Å². The molecule has 3 aliphatic rings. The van der Waals surface area contributed by atoms with E-state index in [-0.39, 0.29) is 5.91 Å². The van der Waals surface area contributed by atoms with Crippen LogP contribution in [-0.4, -0.2) is 5.91 Å². The molecule has 4 atom stereocenters. The Balaban J connectivity index is 1.48. The van der Waals surface area contributed by atoms with E-state index in [1.807, 2.05) is 24.3 Å². The van der Waals surface area contributed by atoms with E-state index < -0.39 is 0 Å². The van der Waals surface area contributed by atoms with Gasteiger partial charge in [0.15, 0.2) is 0 Å². The number of benzene rings is 1. The fourth-order valence-electron chi connectivity index (χ4n) is 4.45. The molecule has 1 amide bonds. The van der Waals surface area contributed by atoms with Gasteiger partial charge in [-0.15, -0.1) is 0 Å². The molecule has 1 N–H and O–H groups in total. The van der Waals surface area contributed by atoms with Crippen LogP contribution in [0, 0.1) is 29.6 Å². The number of fused-ring (bicyclic) bond motifs is 5. The van der Waals surface area contributed by atoms with E-state index >= 15 is 0 Å². The summed E-state index contributed by atoms with van der Waals surface area (Å²) in [4.78, 5) is 12.3. The molecular formula is C15H16BrNO. The molecule has 3 aliphatic carbocycles. The van der Waals surface area contributed by atoms with Crippen LogP contribution in [0.1, 0.15) is 19.3 Å². The number of halogens is 1. The first-order chi connectivity index (χ1) is 8.75. The first kappa shape index (κ1) is 11.0. The zero-order chi connectivity index (χ0) is 12.3. The monoisotopic (exact) mass is 305 g/mol. The first-order valence-corrected chi connectivity index (χ1v) is 7.60. The lowest BCUT2D eigenvalue weighted by Crippen LogP contribution is -2.18. The molecule has 0 radical (unpaired) electrons. The lowest BCUT2D eigenvalue weighted by molar-refractivity contribution is -0.118. The number of carbonyl (C=O) groups excluding carboxylic acids is 1. The van der Waals surface area contributed by atoms with E-state index in [0.29, 0.717) is 17.8 Å². The van der Waals surface area contributed by atoms with Gasteiger partial charge in [-0.3, -0.25) is 4.79 Å². The van der Waals surface area contributed by atoms with Crippen molar-refractivity contribution in [3.63, 3.8) is 0 Å². The summed E-state index contributed by atoms with van der Waals surface area (Å²) in [5, 5.41) is 3.08. The van der Waals surface area contributed by atoms with Crippen LogP contribution in [0.3, 0.4) is 0 Å². The molecule has 18 heavy (non-hydrogen) atoms. The minimum atomic E-state index is 0.244. The highest BCUT2D eigenvalue weighted by Gasteiger charge is 2.67. The van der Waals surface area contributed by atoms with Crippen molar-refractivity contribution in [2.24, 2.45) is 29.6 Å². The number of para-hydroxylation sites is 1. The Bertz CT molecular complexity index is 499. The molecule has 3 heteroatoms. The Morgan fingerprint density at radius 1 is 1.17 bits per heavy atom. The molecule has 0 spiro atoms. The Morgan fingerprint density at radius 3 is 2.50 bits per heavy atom. The normalized spacial score (nSPS) is 39.5. The zero-order valence-corrected chi connectivity index (χ0v) is 11.7. The summed E-state index contributed by atoms with van der Waals surface area (Å²) in [5.41, 5.74) is 0.903. The number of hydrogen-bond donors (Lipinski definition) is 1. The van der Waals surface area contributed by atoms with E-state index in [2.05, 4.69) is 21.2 Å². The summed E-state index contributed by atoms with van der Waals surface area (Å²) in [6, 6.07) is 7.84. The second kappa shape index (κ2) is 3.83. The van der Waals surface area contributed by atoms with Crippen molar-refractivity contribution < 1.29 is 4.79 Å². The summed E-state index contributed by atoms with van der Waals surface area (Å²) < 4.78 is 0.965. The van der Waals surface area contributed by atoms with Gasteiger partial charge in [0.25, 0.3) is 0 Å². The Kier molecular flexibility index (Phi) is 2.35. The zero-order valence-electron chi connectivity index (χ0n) is 10.1. The molecular weight excluding hydrogens is 290 g/mol. The molecule has 94 valence electrons. The van der Waals surface area contributed by atoms with Gasteiger partial charge in [0.1, 0.15) is 0 Å². The second-order valence-corrected chi connectivity index (χ2v) is 6.84. The van der Waals surface area contributed by atoms with Gasteiger partial charge in [-0.25, -0.2) is 0 Å². The molecule has 1 aromatic carbocycles. The van der Waals surface area contributed by atoms with Crippen LogP contribution in [0.4, 0.5) is 5.69 Å². The summed E-state index contributed by atoms with van der Waals surface area (Å²) in [6.07, 6.45) is 4.13. The van der Waals surface area contributed by atoms with Crippen LogP contribution in [0.15, 0.2) is 28.7 Å². The third-order valence-corrected chi connectivity index (χ3v) is 5.86. The van der Waals surface area contributed by atoms with Crippen LogP contribution in [0.25, 0.3) is 0 Å². The van der Waals surface area contributed by atoms with Gasteiger partial charge in [0, 0.05) is 10.4 Å². The second-order valence-electron chi connectivity index (χ2n) is 5.98. The lowest BCUT2D eigenvalue weighted by Gasteiger charge is -2.10. The number of amides is 1. The smallest absolute Gasteiger partial charge is 0.228 e. The van der Waals surface area contributed by atoms with E-state index in [1.165, 1.54) is 19.3 Å². The maximum absolute atomic E-state index is 12.3. The quantitative estimate of drug-likeness (QED) is 0.887. The van der Waals surface area contributed by atoms with Gasteiger partial charge in [-0.05, 0) is 71.0 Å². The largest absolute Gasteiger partial charge is 0.325 e. The number of carbonyl (C=O) groups is 1. The van der Waals surface area contributed by atoms with Gasteiger partial charge in [-0.2, -0.15) is 0 Å². The third-order valence-electron chi connectivity index (χ3n) is 5.17. The van der Waals surface area contributed by atoms with Crippen LogP contribution in [0.5, 0.6) is 0 Å². The first-order valence-electron chi connectivity index (χ1n) is 6.81. The predicted octanol–water partition coefficient (Wildman–Crippen LogP) is 3.68. The number of nitrogens with one attached hydrogen (secondary N) is 1. The summed E-state index contributed by atoms with van der Waals surface area (Å²) in [5.74, 6) is 3.69. The molecule has 3 saturated carbocycles. The minimum Gasteiger partial charge on any atom is -0.325 e. The van der Waals surface area contributed by atoms with Gasteiger partial charge in [0.2, 0.25) is 5.91 Å². The molecule has 2 bridgehead atoms. The molecule has 0 aliphatic heterocycles. The highest BCUT2D eigenvalue weighted by molar-refractivity contribution is 9.10. The van der Waals surface area contributed by atoms with Gasteiger partial charge in [-0.1, -0.05) is 12.1 Å². The SMILES string of the molecule is O=C(Nc1ccccc1Br)C1[C@@H]2[C@H]3CC[C@@H](C3)[C@@H]12. The summed E-state index contributed by atoms with van der Waals surface area (Å²) in [6.45, 7) is 0. The van der Waals surface area contributed by atoms with E-state index in [0.717, 1.165) is 22.0 Å². The Labute approximate surface area is 115 Å². The molecule has 0 unspecified atom stereocenters. The molecule has 0 saturated heterocycles. The summed E-state index contributed by atoms with van der Waals surface area (Å²) in [7, 11) is 0. The topological polar surface area (TPSA) is 29.1 Å². The standard InChI is InChI=1S/C15H16BrNO/c16-10-3-1-2-4-11(10)17-15(18)14-12-8-5-6-9(7-8)13(12)14/h1-4,8-9,12-14H,5-7H2,(H,17,18)/t8-,9-,12+,13+/m0/s1. The van der Waals surface area contributed by atoms with Crippen LogP contribution in [-0.2, 0) is 4.79 Å². The van der Waals surface area contributed by atoms with Crippen molar-refractivity contribution >= 4 is 27.5 Å². The van der Waals surface area contributed by atoms with E-state index in [1.54, 1.807) is 0 Å². The Morgan fingerprint density at radius 2 is 1.83 bits per heavy atom. The lowest BCUT2D eigenvalue weighted by atomic mass is 10.0. The van der Waals surface area contributed by atoms with Crippen molar-refractivity contribution in [2.45, 2.75) is 19.3 Å². The fraction of sp³-hybridized carbons (Fsp3) is 0.533. The molecule has 3 fully saturated rings. The predicted molar refractivity (Wildman–Crippen MR) is 74.1 cm³/mol. The number of rotatable bonds is 2. The Hall–Kier alpha value is -0.830. The molecule has 0 aromatic heterocycles. The van der Waals surface area contributed by atoms with Crippen molar-refractivity contribution in [3.05, 3.63) is 28.7 Å². The van der Waals surface area contributed by atoms with Crippen molar-refractivity contribution in [1.29, 1.82) is 0 Å². The highest BCUT2D eigenvalue weighted by atomic mass is 79.9. The number of hydrogen-bond acceptors (Lipinski definition) is 1. The average Bonchev–Trinajstić information content (AvgIpc) is 2.82. The molecule has 2 nitrogen and oxygen atoms in total. The summed E-state index contributed by atoms with van der Waals surface area (Å²) >= 11 is 3.48. The molecule has 4 rings (SSSR count). The van der Waals surface area contributed by atoms with Crippen molar-refractivity contribution in [1.82, 2.24) is 0 Å². The van der Waals surface area contributed by atoms with Gasteiger partial charge in [0.05, 0.1) is 5.69 Å². The van der Waals surface area contributed by atoms with E-state index in [4.69, 9.17) is 0 Å². The minimum absolute atomic E-state index is 0.244. The van der Waals surface area contributed by atoms with Crippen LogP contribution in [0.2, 0.25) is 0 Å². The van der Waals surface area contributed by atoms with Gasteiger partial charge < -0.3 is 5.32 Å². The van der Waals surface area contributed by atoms with Crippen molar-refractivity contribution in [3.8, 4) is 0 Å². The molecule has 0 heterocycles. The van der Waals surface area contributed by atoms with Gasteiger partial charge >= 0.3 is 0 Å². The maximum atomic E-state index is 12.3. The van der Waals surface area contributed by atoms with E-state index in [9.17, 15) is 4.79 Å². The third kappa shape index (κ3) is 1.49. The molecule has 1 aromatic rings. The maximum Gasteiger partial charge on any atom is 0.228 e. The average molecular weight is 306 g/mol. The highest BCUT2D eigenvalue weighted by Crippen LogP contribution is 2.69.